The van der Waals surface area contributed by atoms with Crippen LogP contribution in [0.15, 0.2) is 34.8 Å². The molecule has 5 nitrogen and oxygen atoms in total. The van der Waals surface area contributed by atoms with E-state index >= 15 is 0 Å². The van der Waals surface area contributed by atoms with Crippen LogP contribution in [0.2, 0.25) is 0 Å². The van der Waals surface area contributed by atoms with Crippen molar-refractivity contribution in [2.75, 3.05) is 16.2 Å². The smallest absolute Gasteiger partial charge is 0.236 e. The Hall–Kier alpha value is -1.93. The van der Waals surface area contributed by atoms with Crippen molar-refractivity contribution in [3.63, 3.8) is 0 Å². The van der Waals surface area contributed by atoms with Gasteiger partial charge in [-0.2, -0.15) is 0 Å². The minimum atomic E-state index is -3.74. The summed E-state index contributed by atoms with van der Waals surface area (Å²) >= 11 is 3.38. The quantitative estimate of drug-likeness (QED) is 0.691. The van der Waals surface area contributed by atoms with Gasteiger partial charge in [0.05, 0.1) is 17.1 Å². The number of nitrogens with zero attached hydrogens (tertiary/aromatic N) is 1. The summed E-state index contributed by atoms with van der Waals surface area (Å²) in [5.41, 5.74) is 2.68. The molecule has 0 saturated carbocycles. The van der Waals surface area contributed by atoms with Crippen LogP contribution in [0.4, 0.5) is 15.8 Å². The summed E-state index contributed by atoms with van der Waals surface area (Å²) in [6, 6.07) is 8.20. The first kappa shape index (κ1) is 20.8. The van der Waals surface area contributed by atoms with Gasteiger partial charge in [0.2, 0.25) is 15.9 Å². The summed E-state index contributed by atoms with van der Waals surface area (Å²) < 4.78 is 43.2. The molecular formula is C20H22BrFN2O3S. The van der Waals surface area contributed by atoms with Crippen LogP contribution in [0.5, 0.6) is 0 Å². The van der Waals surface area contributed by atoms with Crippen molar-refractivity contribution in [1.82, 2.24) is 0 Å². The molecule has 150 valence electrons. The Balaban J connectivity index is 1.91. The summed E-state index contributed by atoms with van der Waals surface area (Å²) in [4.78, 5) is 13.6. The zero-order chi connectivity index (χ0) is 20.6. The first-order valence-electron chi connectivity index (χ1n) is 9.00. The van der Waals surface area contributed by atoms with E-state index in [2.05, 4.69) is 20.7 Å². The maximum atomic E-state index is 14.8. The summed E-state index contributed by atoms with van der Waals surface area (Å²) in [5.74, 6) is -1.15. The van der Waals surface area contributed by atoms with Crippen molar-refractivity contribution in [2.24, 2.45) is 0 Å². The van der Waals surface area contributed by atoms with Crippen LogP contribution < -0.4 is 9.62 Å². The lowest BCUT2D eigenvalue weighted by atomic mass is 9.90. The van der Waals surface area contributed by atoms with Crippen molar-refractivity contribution >= 4 is 43.2 Å². The molecule has 0 radical (unpaired) electrons. The van der Waals surface area contributed by atoms with E-state index in [4.69, 9.17) is 0 Å². The minimum absolute atomic E-state index is 0.126. The number of anilines is 2. The minimum Gasteiger partial charge on any atom is -0.310 e. The van der Waals surface area contributed by atoms with Crippen LogP contribution in [0.3, 0.4) is 0 Å². The van der Waals surface area contributed by atoms with E-state index < -0.39 is 15.8 Å². The molecule has 2 aromatic rings. The van der Waals surface area contributed by atoms with E-state index in [0.29, 0.717) is 22.1 Å². The van der Waals surface area contributed by atoms with Crippen LogP contribution in [-0.4, -0.2) is 20.9 Å². The van der Waals surface area contributed by atoms with Crippen LogP contribution in [0.1, 0.15) is 42.9 Å². The zero-order valence-electron chi connectivity index (χ0n) is 15.9. The molecule has 0 spiro atoms. The highest BCUT2D eigenvalue weighted by atomic mass is 79.9. The summed E-state index contributed by atoms with van der Waals surface area (Å²) in [5, 5.41) is 0. The molecule has 1 heterocycles. The largest absolute Gasteiger partial charge is 0.310 e. The molecule has 0 aromatic heterocycles. The second-order valence-electron chi connectivity index (χ2n) is 7.10. The van der Waals surface area contributed by atoms with Gasteiger partial charge >= 0.3 is 0 Å². The second kappa shape index (κ2) is 7.83. The Morgan fingerprint density at radius 2 is 2.00 bits per heavy atom. The topological polar surface area (TPSA) is 66.5 Å². The predicted molar refractivity (Wildman–Crippen MR) is 113 cm³/mol. The van der Waals surface area contributed by atoms with Gasteiger partial charge in [0, 0.05) is 23.5 Å². The predicted octanol–water partition coefficient (Wildman–Crippen LogP) is 4.70. The SMILES string of the molecule is CCN1C(=O)CC(C)c2cc(NS(=O)(=O)Cc3ccc(C)cc3Br)cc(F)c21. The lowest BCUT2D eigenvalue weighted by Crippen LogP contribution is -2.36. The van der Waals surface area contributed by atoms with Gasteiger partial charge in [-0.15, -0.1) is 0 Å². The molecule has 0 bridgehead atoms. The highest BCUT2D eigenvalue weighted by molar-refractivity contribution is 9.10. The Kier molecular flexibility index (Phi) is 5.82. The number of nitrogens with one attached hydrogen (secondary N) is 1. The normalized spacial score (nSPS) is 16.8. The third-order valence-corrected chi connectivity index (χ3v) is 6.80. The highest BCUT2D eigenvalue weighted by Gasteiger charge is 2.31. The molecule has 1 aliphatic heterocycles. The summed E-state index contributed by atoms with van der Waals surface area (Å²) in [7, 11) is -3.74. The van der Waals surface area contributed by atoms with Gasteiger partial charge in [0.25, 0.3) is 0 Å². The van der Waals surface area contributed by atoms with E-state index in [-0.39, 0.29) is 35.4 Å². The molecule has 1 atom stereocenters. The molecule has 1 aliphatic rings. The van der Waals surface area contributed by atoms with Crippen LogP contribution in [0, 0.1) is 12.7 Å². The van der Waals surface area contributed by atoms with Gasteiger partial charge in [0.15, 0.2) is 0 Å². The molecule has 8 heteroatoms. The second-order valence-corrected chi connectivity index (χ2v) is 9.67. The number of hydrogen-bond donors (Lipinski definition) is 1. The molecular weight excluding hydrogens is 447 g/mol. The number of fused-ring (bicyclic) bond motifs is 1. The lowest BCUT2D eigenvalue weighted by molar-refractivity contribution is -0.119. The average molecular weight is 469 g/mol. The number of halogens is 2. The monoisotopic (exact) mass is 468 g/mol. The number of amides is 1. The molecule has 28 heavy (non-hydrogen) atoms. The number of rotatable bonds is 5. The Morgan fingerprint density at radius 1 is 1.29 bits per heavy atom. The maximum Gasteiger partial charge on any atom is 0.236 e. The van der Waals surface area contributed by atoms with Crippen molar-refractivity contribution in [3.05, 3.63) is 57.3 Å². The first-order valence-corrected chi connectivity index (χ1v) is 11.4. The van der Waals surface area contributed by atoms with Gasteiger partial charge in [-0.3, -0.25) is 9.52 Å². The molecule has 2 aromatic carbocycles. The molecule has 1 amide bonds. The first-order chi connectivity index (χ1) is 13.1. The van der Waals surface area contributed by atoms with E-state index in [9.17, 15) is 17.6 Å². The van der Waals surface area contributed by atoms with Gasteiger partial charge in [0.1, 0.15) is 5.82 Å². The number of benzene rings is 2. The van der Waals surface area contributed by atoms with E-state index in [1.165, 1.54) is 4.90 Å². The third-order valence-electron chi connectivity index (χ3n) is 4.82. The molecule has 0 saturated heterocycles. The van der Waals surface area contributed by atoms with Gasteiger partial charge in [-0.25, -0.2) is 12.8 Å². The number of carbonyl (C=O) groups is 1. The fraction of sp³-hybridized carbons (Fsp3) is 0.350. The van der Waals surface area contributed by atoms with Crippen LogP contribution >= 0.6 is 15.9 Å². The third kappa shape index (κ3) is 4.22. The maximum absolute atomic E-state index is 14.8. The number of hydrogen-bond acceptors (Lipinski definition) is 3. The fourth-order valence-corrected chi connectivity index (χ4v) is 5.50. The Bertz CT molecular complexity index is 1040. The molecule has 0 fully saturated rings. The van der Waals surface area contributed by atoms with E-state index in [1.54, 1.807) is 19.1 Å². The molecule has 1 unspecified atom stereocenters. The molecule has 1 N–H and O–H groups in total. The van der Waals surface area contributed by atoms with Crippen LogP contribution in [0.25, 0.3) is 0 Å². The van der Waals surface area contributed by atoms with Crippen LogP contribution in [-0.2, 0) is 20.6 Å². The van der Waals surface area contributed by atoms with Crippen molar-refractivity contribution in [2.45, 2.75) is 38.9 Å². The lowest BCUT2D eigenvalue weighted by Gasteiger charge is -2.32. The molecule has 0 aliphatic carbocycles. The summed E-state index contributed by atoms with van der Waals surface area (Å²) in [6.07, 6.45) is 0.271. The van der Waals surface area contributed by atoms with Crippen molar-refractivity contribution in [3.8, 4) is 0 Å². The van der Waals surface area contributed by atoms with E-state index in [1.807, 2.05) is 26.0 Å². The Morgan fingerprint density at radius 3 is 2.64 bits per heavy atom. The standard InChI is InChI=1S/C20H22BrFN2O3S/c1-4-24-19(25)8-13(3)16-9-15(10-18(22)20(16)24)23-28(26,27)11-14-6-5-12(2)7-17(14)21/h5-7,9-10,13,23H,4,8,11H2,1-3H3. The number of carbonyl (C=O) groups excluding carboxylic acids is 1. The van der Waals surface area contributed by atoms with E-state index in [0.717, 1.165) is 11.6 Å². The number of sulfonamides is 1. The highest BCUT2D eigenvalue weighted by Crippen LogP contribution is 2.39. The molecule has 3 rings (SSSR count). The summed E-state index contributed by atoms with van der Waals surface area (Å²) in [6.45, 7) is 5.91. The fourth-order valence-electron chi connectivity index (χ4n) is 3.47. The zero-order valence-corrected chi connectivity index (χ0v) is 18.3. The van der Waals surface area contributed by atoms with Gasteiger partial charge in [-0.05, 0) is 48.6 Å². The van der Waals surface area contributed by atoms with Gasteiger partial charge in [-0.1, -0.05) is 35.0 Å². The van der Waals surface area contributed by atoms with Crippen molar-refractivity contribution in [1.29, 1.82) is 0 Å². The average Bonchev–Trinajstić information content (AvgIpc) is 2.58. The number of aryl methyl sites for hydroxylation is 1. The Labute approximate surface area is 173 Å². The van der Waals surface area contributed by atoms with Gasteiger partial charge < -0.3 is 4.90 Å². The van der Waals surface area contributed by atoms with Crippen molar-refractivity contribution < 1.29 is 17.6 Å².